The first-order valence-electron chi connectivity index (χ1n) is 7.61. The number of pyridine rings is 1. The van der Waals surface area contributed by atoms with E-state index in [1.807, 2.05) is 32.0 Å². The van der Waals surface area contributed by atoms with Crippen molar-refractivity contribution in [3.05, 3.63) is 59.4 Å². The number of rotatable bonds is 7. The molecule has 0 saturated heterocycles. The number of carbonyl (C=O) groups excluding carboxylic acids is 2. The number of ether oxygens (including phenoxy) is 2. The van der Waals surface area contributed by atoms with Gasteiger partial charge in [0.15, 0.2) is 6.61 Å². The van der Waals surface area contributed by atoms with Crippen LogP contribution in [0.3, 0.4) is 0 Å². The molecule has 1 heterocycles. The van der Waals surface area contributed by atoms with Gasteiger partial charge in [-0.2, -0.15) is 0 Å². The fourth-order valence-electron chi connectivity index (χ4n) is 2.13. The van der Waals surface area contributed by atoms with Crippen LogP contribution in [0.4, 0.5) is 0 Å². The summed E-state index contributed by atoms with van der Waals surface area (Å²) < 4.78 is 10.5. The Balaban J connectivity index is 0.00000312. The Morgan fingerprint density at radius 1 is 1.08 bits per heavy atom. The second-order valence-electron chi connectivity index (χ2n) is 5.22. The van der Waals surface area contributed by atoms with E-state index in [0.717, 1.165) is 11.1 Å². The zero-order valence-corrected chi connectivity index (χ0v) is 15.0. The van der Waals surface area contributed by atoms with Crippen LogP contribution in [0.25, 0.3) is 0 Å². The van der Waals surface area contributed by atoms with Gasteiger partial charge in [-0.3, -0.25) is 9.78 Å². The molecule has 0 saturated carbocycles. The SMILES string of the molecule is Cc1cccc(C)c1OCC(=O)OCCNC(=O)c1ccncc1.Cl. The summed E-state index contributed by atoms with van der Waals surface area (Å²) in [5, 5.41) is 2.66. The minimum absolute atomic E-state index is 0. The molecular formula is C18H21ClN2O4. The van der Waals surface area contributed by atoms with Crippen molar-refractivity contribution in [2.24, 2.45) is 0 Å². The number of halogens is 1. The first-order chi connectivity index (χ1) is 11.6. The molecule has 0 spiro atoms. The highest BCUT2D eigenvalue weighted by molar-refractivity contribution is 5.93. The molecule has 1 N–H and O–H groups in total. The zero-order chi connectivity index (χ0) is 17.4. The van der Waals surface area contributed by atoms with Gasteiger partial charge >= 0.3 is 5.97 Å². The van der Waals surface area contributed by atoms with Gasteiger partial charge in [-0.15, -0.1) is 12.4 Å². The van der Waals surface area contributed by atoms with Crippen LogP contribution < -0.4 is 10.1 Å². The van der Waals surface area contributed by atoms with Gasteiger partial charge in [-0.1, -0.05) is 18.2 Å². The molecule has 0 aliphatic rings. The molecule has 0 aliphatic carbocycles. The quantitative estimate of drug-likeness (QED) is 0.603. The third-order valence-electron chi connectivity index (χ3n) is 3.34. The van der Waals surface area contributed by atoms with Crippen molar-refractivity contribution in [1.29, 1.82) is 0 Å². The van der Waals surface area contributed by atoms with Gasteiger partial charge in [0.25, 0.3) is 5.91 Å². The van der Waals surface area contributed by atoms with Crippen molar-refractivity contribution in [2.75, 3.05) is 19.8 Å². The maximum atomic E-state index is 11.8. The summed E-state index contributed by atoms with van der Waals surface area (Å²) in [4.78, 5) is 27.3. The van der Waals surface area contributed by atoms with Crippen LogP contribution in [0.5, 0.6) is 5.75 Å². The number of amides is 1. The third kappa shape index (κ3) is 6.43. The Morgan fingerprint density at radius 3 is 2.36 bits per heavy atom. The van der Waals surface area contributed by atoms with Crippen molar-refractivity contribution >= 4 is 24.3 Å². The molecule has 134 valence electrons. The van der Waals surface area contributed by atoms with E-state index in [0.29, 0.717) is 11.3 Å². The summed E-state index contributed by atoms with van der Waals surface area (Å²) in [6.07, 6.45) is 3.08. The average Bonchev–Trinajstić information content (AvgIpc) is 2.59. The van der Waals surface area contributed by atoms with Gasteiger partial charge in [0.1, 0.15) is 12.4 Å². The molecule has 25 heavy (non-hydrogen) atoms. The van der Waals surface area contributed by atoms with E-state index in [4.69, 9.17) is 9.47 Å². The molecule has 7 heteroatoms. The molecule has 2 aromatic rings. The van der Waals surface area contributed by atoms with E-state index in [1.54, 1.807) is 24.5 Å². The summed E-state index contributed by atoms with van der Waals surface area (Å²) >= 11 is 0. The first kappa shape index (κ1) is 20.4. The minimum Gasteiger partial charge on any atom is -0.481 e. The van der Waals surface area contributed by atoms with E-state index in [1.165, 1.54) is 0 Å². The maximum absolute atomic E-state index is 11.8. The molecule has 0 radical (unpaired) electrons. The Labute approximate surface area is 153 Å². The van der Waals surface area contributed by atoms with Gasteiger partial charge in [-0.25, -0.2) is 4.79 Å². The number of aromatic nitrogens is 1. The summed E-state index contributed by atoms with van der Waals surface area (Å²) in [6, 6.07) is 8.99. The van der Waals surface area contributed by atoms with Crippen LogP contribution >= 0.6 is 12.4 Å². The number of aryl methyl sites for hydroxylation is 2. The molecule has 0 fully saturated rings. The van der Waals surface area contributed by atoms with Crippen molar-refractivity contribution < 1.29 is 19.1 Å². The lowest BCUT2D eigenvalue weighted by Gasteiger charge is -2.11. The second-order valence-corrected chi connectivity index (χ2v) is 5.22. The fraction of sp³-hybridized carbons (Fsp3) is 0.278. The van der Waals surface area contributed by atoms with Crippen LogP contribution in [-0.4, -0.2) is 36.6 Å². The largest absolute Gasteiger partial charge is 0.481 e. The molecule has 1 amide bonds. The molecule has 0 atom stereocenters. The molecule has 2 rings (SSSR count). The molecule has 1 aromatic heterocycles. The van der Waals surface area contributed by atoms with E-state index in [2.05, 4.69) is 10.3 Å². The summed E-state index contributed by atoms with van der Waals surface area (Å²) in [7, 11) is 0. The first-order valence-corrected chi connectivity index (χ1v) is 7.61. The summed E-state index contributed by atoms with van der Waals surface area (Å²) in [6.45, 7) is 4.00. The highest BCUT2D eigenvalue weighted by Crippen LogP contribution is 2.22. The van der Waals surface area contributed by atoms with Gasteiger partial charge in [0.05, 0.1) is 6.54 Å². The van der Waals surface area contributed by atoms with Crippen LogP contribution in [0.15, 0.2) is 42.7 Å². The number of benzene rings is 1. The number of esters is 1. The lowest BCUT2D eigenvalue weighted by molar-refractivity contribution is -0.145. The van der Waals surface area contributed by atoms with E-state index in [9.17, 15) is 9.59 Å². The highest BCUT2D eigenvalue weighted by Gasteiger charge is 2.09. The number of para-hydroxylation sites is 1. The van der Waals surface area contributed by atoms with Crippen LogP contribution in [0.2, 0.25) is 0 Å². The number of carbonyl (C=O) groups is 2. The molecular weight excluding hydrogens is 344 g/mol. The second kappa shape index (κ2) is 10.3. The average molecular weight is 365 g/mol. The molecule has 0 unspecified atom stereocenters. The molecule has 1 aromatic carbocycles. The van der Waals surface area contributed by atoms with Crippen LogP contribution in [0, 0.1) is 13.8 Å². The van der Waals surface area contributed by atoms with Crippen molar-refractivity contribution in [3.8, 4) is 5.75 Å². The third-order valence-corrected chi connectivity index (χ3v) is 3.34. The van der Waals surface area contributed by atoms with Crippen molar-refractivity contribution in [2.45, 2.75) is 13.8 Å². The Hall–Kier alpha value is -2.60. The number of hydrogen-bond donors (Lipinski definition) is 1. The molecule has 0 bridgehead atoms. The van der Waals surface area contributed by atoms with Gasteiger partial charge < -0.3 is 14.8 Å². The zero-order valence-electron chi connectivity index (χ0n) is 14.2. The van der Waals surface area contributed by atoms with Crippen LogP contribution in [-0.2, 0) is 9.53 Å². The maximum Gasteiger partial charge on any atom is 0.344 e. The normalized spacial score (nSPS) is 9.68. The Bertz CT molecular complexity index is 687. The van der Waals surface area contributed by atoms with E-state index >= 15 is 0 Å². The monoisotopic (exact) mass is 364 g/mol. The van der Waals surface area contributed by atoms with Gasteiger partial charge in [0.2, 0.25) is 0 Å². The predicted octanol–water partition coefficient (Wildman–Crippen LogP) is 2.47. The minimum atomic E-state index is -0.476. The smallest absolute Gasteiger partial charge is 0.344 e. The van der Waals surface area contributed by atoms with E-state index in [-0.39, 0.29) is 38.1 Å². The number of hydrogen-bond acceptors (Lipinski definition) is 5. The summed E-state index contributed by atoms with van der Waals surface area (Å²) in [5.74, 6) is -0.0171. The molecule has 0 aliphatic heterocycles. The van der Waals surface area contributed by atoms with E-state index < -0.39 is 5.97 Å². The van der Waals surface area contributed by atoms with Crippen molar-refractivity contribution in [3.63, 3.8) is 0 Å². The number of nitrogens with zero attached hydrogens (tertiary/aromatic N) is 1. The Morgan fingerprint density at radius 2 is 1.72 bits per heavy atom. The van der Waals surface area contributed by atoms with Gasteiger partial charge in [0, 0.05) is 18.0 Å². The lowest BCUT2D eigenvalue weighted by atomic mass is 10.1. The summed E-state index contributed by atoms with van der Waals surface area (Å²) in [5.41, 5.74) is 2.44. The topological polar surface area (TPSA) is 77.5 Å². The number of nitrogens with one attached hydrogen (secondary N) is 1. The lowest BCUT2D eigenvalue weighted by Crippen LogP contribution is -2.28. The fourth-order valence-corrected chi connectivity index (χ4v) is 2.13. The molecule has 6 nitrogen and oxygen atoms in total. The standard InChI is InChI=1S/C18H20N2O4.ClH/c1-13-4-3-5-14(2)17(13)24-12-16(21)23-11-10-20-18(22)15-6-8-19-9-7-15;/h3-9H,10-12H2,1-2H3,(H,20,22);1H. The highest BCUT2D eigenvalue weighted by atomic mass is 35.5. The predicted molar refractivity (Wildman–Crippen MR) is 96.2 cm³/mol. The Kier molecular flexibility index (Phi) is 8.43. The van der Waals surface area contributed by atoms with Gasteiger partial charge in [-0.05, 0) is 37.1 Å². The van der Waals surface area contributed by atoms with Crippen LogP contribution in [0.1, 0.15) is 21.5 Å². The van der Waals surface area contributed by atoms with Crippen molar-refractivity contribution in [1.82, 2.24) is 10.3 Å².